The van der Waals surface area contributed by atoms with Crippen LogP contribution in [-0.2, 0) is 11.2 Å². The minimum Gasteiger partial charge on any atom is -0.490 e. The lowest BCUT2D eigenvalue weighted by atomic mass is 10.1. The average Bonchev–Trinajstić information content (AvgIpc) is 2.98. The highest BCUT2D eigenvalue weighted by molar-refractivity contribution is 5.88. The minimum absolute atomic E-state index is 0.0725. The minimum atomic E-state index is -0.0725. The van der Waals surface area contributed by atoms with Crippen LogP contribution in [0.5, 0.6) is 5.75 Å². The second kappa shape index (κ2) is 7.15. The molecule has 0 saturated carbocycles. The van der Waals surface area contributed by atoms with Gasteiger partial charge in [0.05, 0.1) is 19.1 Å². The molecule has 1 fully saturated rings. The first-order chi connectivity index (χ1) is 11.2. The van der Waals surface area contributed by atoms with E-state index in [1.807, 2.05) is 38.1 Å². The number of ketones is 1. The maximum atomic E-state index is 12.5. The Labute approximate surface area is 136 Å². The maximum absolute atomic E-state index is 12.5. The Morgan fingerprint density at radius 2 is 2.17 bits per heavy atom. The second-order valence-corrected chi connectivity index (χ2v) is 5.93. The van der Waals surface area contributed by atoms with E-state index in [0.717, 1.165) is 42.9 Å². The molecule has 1 unspecified atom stereocenters. The van der Waals surface area contributed by atoms with Gasteiger partial charge in [0.15, 0.2) is 17.1 Å². The lowest BCUT2D eigenvalue weighted by Gasteiger charge is -2.31. The number of hydrogen-bond donors (Lipinski definition) is 1. The highest BCUT2D eigenvalue weighted by atomic mass is 16.5. The molecule has 2 heterocycles. The van der Waals surface area contributed by atoms with Crippen LogP contribution in [0.4, 0.5) is 0 Å². The fourth-order valence-corrected chi connectivity index (χ4v) is 3.04. The molecule has 0 bridgehead atoms. The van der Waals surface area contributed by atoms with Gasteiger partial charge in [-0.1, -0.05) is 12.1 Å². The van der Waals surface area contributed by atoms with E-state index in [-0.39, 0.29) is 11.8 Å². The summed E-state index contributed by atoms with van der Waals surface area (Å²) in [6.07, 6.45) is 0.325. The van der Waals surface area contributed by atoms with Crippen molar-refractivity contribution in [1.29, 1.82) is 0 Å². The monoisotopic (exact) mass is 316 g/mol. The van der Waals surface area contributed by atoms with Gasteiger partial charge >= 0.3 is 0 Å². The van der Waals surface area contributed by atoms with E-state index < -0.39 is 0 Å². The van der Waals surface area contributed by atoms with Crippen molar-refractivity contribution in [1.82, 2.24) is 10.2 Å². The van der Waals surface area contributed by atoms with Crippen LogP contribution in [0.15, 0.2) is 28.7 Å². The van der Waals surface area contributed by atoms with Gasteiger partial charge in [0.25, 0.3) is 0 Å². The Bertz CT molecular complexity index is 674. The molecule has 1 aliphatic heterocycles. The molecule has 5 heteroatoms. The van der Waals surface area contributed by atoms with Crippen molar-refractivity contribution in [2.45, 2.75) is 26.3 Å². The molecule has 1 saturated heterocycles. The predicted octanol–water partition coefficient (Wildman–Crippen LogP) is 2.24. The first kappa shape index (κ1) is 16.0. The van der Waals surface area contributed by atoms with Gasteiger partial charge in [-0.15, -0.1) is 0 Å². The topological polar surface area (TPSA) is 54.7 Å². The van der Waals surface area contributed by atoms with Crippen molar-refractivity contribution in [2.24, 2.45) is 0 Å². The molecule has 1 aliphatic rings. The van der Waals surface area contributed by atoms with Gasteiger partial charge in [-0.3, -0.25) is 9.69 Å². The summed E-state index contributed by atoms with van der Waals surface area (Å²) in [4.78, 5) is 14.8. The van der Waals surface area contributed by atoms with E-state index in [2.05, 4.69) is 10.2 Å². The normalized spacial score (nSPS) is 17.3. The molecule has 0 amide bonds. The summed E-state index contributed by atoms with van der Waals surface area (Å²) in [5, 5.41) is 4.29. The Morgan fingerprint density at radius 1 is 1.39 bits per heavy atom. The zero-order valence-electron chi connectivity index (χ0n) is 13.8. The van der Waals surface area contributed by atoms with Gasteiger partial charge in [0.1, 0.15) is 5.76 Å². The van der Waals surface area contributed by atoms with Crippen LogP contribution in [0.2, 0.25) is 0 Å². The molecule has 1 aromatic heterocycles. The molecule has 1 aromatic carbocycles. The third-order valence-electron chi connectivity index (χ3n) is 4.37. The Hall–Kier alpha value is -1.85. The number of benzene rings is 1. The summed E-state index contributed by atoms with van der Waals surface area (Å²) in [6, 6.07) is 7.69. The van der Waals surface area contributed by atoms with Crippen LogP contribution in [0.3, 0.4) is 0 Å². The Kier molecular flexibility index (Phi) is 4.98. The number of rotatable bonds is 6. The number of para-hydroxylation sites is 1. The number of Topliss-reactive ketones (excluding diaryl/α,β-unsaturated/α-hetero) is 1. The molecule has 0 radical (unpaired) electrons. The van der Waals surface area contributed by atoms with Crippen LogP contribution in [-0.4, -0.2) is 49.5 Å². The van der Waals surface area contributed by atoms with E-state index in [1.165, 1.54) is 0 Å². The molecule has 1 N–H and O–H groups in total. The van der Waals surface area contributed by atoms with Crippen LogP contribution in [0, 0.1) is 0 Å². The largest absolute Gasteiger partial charge is 0.490 e. The van der Waals surface area contributed by atoms with Gasteiger partial charge in [-0.2, -0.15) is 0 Å². The Balaban J connectivity index is 1.73. The smallest absolute Gasteiger partial charge is 0.176 e. The Morgan fingerprint density at radius 3 is 2.91 bits per heavy atom. The number of fused-ring (bicyclic) bond motifs is 1. The van der Waals surface area contributed by atoms with E-state index in [1.54, 1.807) is 0 Å². The molecule has 3 rings (SSSR count). The number of hydrogen-bond acceptors (Lipinski definition) is 5. The van der Waals surface area contributed by atoms with E-state index in [0.29, 0.717) is 18.8 Å². The standard InChI is InChI=1S/C18H24N2O3/c1-3-22-17-6-4-5-14-11-15(23-18(14)17)12-16(21)13(2)20-9-7-19-8-10-20/h4-6,11,13,19H,3,7-10,12H2,1-2H3. The summed E-state index contributed by atoms with van der Waals surface area (Å²) in [5.74, 6) is 1.64. The lowest BCUT2D eigenvalue weighted by Crippen LogP contribution is -2.50. The number of nitrogens with zero attached hydrogens (tertiary/aromatic N) is 1. The van der Waals surface area contributed by atoms with Crippen LogP contribution >= 0.6 is 0 Å². The number of carbonyl (C=O) groups excluding carboxylic acids is 1. The van der Waals surface area contributed by atoms with Crippen LogP contribution in [0.1, 0.15) is 19.6 Å². The van der Waals surface area contributed by atoms with Gasteiger partial charge in [-0.05, 0) is 26.0 Å². The predicted molar refractivity (Wildman–Crippen MR) is 90.0 cm³/mol. The summed E-state index contributed by atoms with van der Waals surface area (Å²) >= 11 is 0. The van der Waals surface area contributed by atoms with Crippen molar-refractivity contribution in [3.63, 3.8) is 0 Å². The van der Waals surface area contributed by atoms with E-state index in [4.69, 9.17) is 9.15 Å². The summed E-state index contributed by atoms with van der Waals surface area (Å²) in [5.41, 5.74) is 0.729. The van der Waals surface area contributed by atoms with Crippen molar-refractivity contribution in [2.75, 3.05) is 32.8 Å². The third kappa shape index (κ3) is 3.57. The molecule has 5 nitrogen and oxygen atoms in total. The summed E-state index contributed by atoms with van der Waals surface area (Å²) < 4.78 is 11.5. The van der Waals surface area contributed by atoms with Gasteiger partial charge < -0.3 is 14.5 Å². The van der Waals surface area contributed by atoms with Crippen LogP contribution in [0.25, 0.3) is 11.0 Å². The number of carbonyl (C=O) groups is 1. The highest BCUT2D eigenvalue weighted by Crippen LogP contribution is 2.29. The zero-order chi connectivity index (χ0) is 16.2. The van der Waals surface area contributed by atoms with Crippen molar-refractivity contribution < 1.29 is 13.9 Å². The number of nitrogens with one attached hydrogen (secondary N) is 1. The van der Waals surface area contributed by atoms with Crippen LogP contribution < -0.4 is 10.1 Å². The average molecular weight is 316 g/mol. The first-order valence-electron chi connectivity index (χ1n) is 8.30. The fraction of sp³-hybridized carbons (Fsp3) is 0.500. The lowest BCUT2D eigenvalue weighted by molar-refractivity contribution is -0.123. The molecule has 0 spiro atoms. The van der Waals surface area contributed by atoms with Gasteiger partial charge in [0.2, 0.25) is 0 Å². The number of ether oxygens (including phenoxy) is 1. The molecule has 23 heavy (non-hydrogen) atoms. The van der Waals surface area contributed by atoms with Crippen molar-refractivity contribution >= 4 is 16.8 Å². The number of furan rings is 1. The van der Waals surface area contributed by atoms with Gasteiger partial charge in [0, 0.05) is 31.6 Å². The molecular formula is C18H24N2O3. The molecule has 124 valence electrons. The van der Waals surface area contributed by atoms with E-state index in [9.17, 15) is 4.79 Å². The fourth-order valence-electron chi connectivity index (χ4n) is 3.04. The molecule has 1 atom stereocenters. The van der Waals surface area contributed by atoms with Gasteiger partial charge in [-0.25, -0.2) is 0 Å². The van der Waals surface area contributed by atoms with Crippen molar-refractivity contribution in [3.05, 3.63) is 30.0 Å². The zero-order valence-corrected chi connectivity index (χ0v) is 13.8. The summed E-state index contributed by atoms with van der Waals surface area (Å²) in [7, 11) is 0. The summed E-state index contributed by atoms with van der Waals surface area (Å²) in [6.45, 7) is 8.25. The molecule has 0 aliphatic carbocycles. The molecule has 2 aromatic rings. The first-order valence-corrected chi connectivity index (χ1v) is 8.30. The SMILES string of the molecule is CCOc1cccc2cc(CC(=O)C(C)N3CCNCC3)oc12. The van der Waals surface area contributed by atoms with Crippen molar-refractivity contribution in [3.8, 4) is 5.75 Å². The quantitative estimate of drug-likeness (QED) is 0.886. The second-order valence-electron chi connectivity index (χ2n) is 5.93. The number of piperazine rings is 1. The third-order valence-corrected chi connectivity index (χ3v) is 4.37. The molecular weight excluding hydrogens is 292 g/mol. The maximum Gasteiger partial charge on any atom is 0.176 e. The van der Waals surface area contributed by atoms with E-state index >= 15 is 0 Å². The highest BCUT2D eigenvalue weighted by Gasteiger charge is 2.23.